The molecular weight excluding hydrogens is 327 g/mol. The van der Waals surface area contributed by atoms with Crippen molar-refractivity contribution in [3.8, 4) is 16.8 Å². The number of nitrogens with two attached hydrogens (primary N) is 1. The van der Waals surface area contributed by atoms with Crippen molar-refractivity contribution < 1.29 is 13.2 Å². The number of hydrogen-bond donors (Lipinski definition) is 1. The van der Waals surface area contributed by atoms with Crippen molar-refractivity contribution in [2.75, 3.05) is 5.73 Å². The van der Waals surface area contributed by atoms with E-state index in [1.54, 1.807) is 48.5 Å². The molecule has 0 aliphatic heterocycles. The fraction of sp³-hybridized carbons (Fsp3) is 0.0625. The van der Waals surface area contributed by atoms with Gasteiger partial charge < -0.3 is 5.73 Å². The number of hydrogen-bond acceptors (Lipinski definition) is 2. The lowest BCUT2D eigenvalue weighted by Crippen LogP contribution is -2.08. The number of aromatic nitrogens is 2. The summed E-state index contributed by atoms with van der Waals surface area (Å²) < 4.78 is 41.1. The second kappa shape index (κ2) is 5.62. The predicted octanol–water partition coefficient (Wildman–Crippen LogP) is 4.79. The molecule has 0 fully saturated rings. The largest absolute Gasteiger partial charge is 0.435 e. The Bertz CT molecular complexity index is 842. The van der Waals surface area contributed by atoms with Crippen LogP contribution in [0.3, 0.4) is 0 Å². The van der Waals surface area contributed by atoms with Crippen LogP contribution < -0.4 is 5.73 Å². The Labute approximate surface area is 135 Å². The van der Waals surface area contributed by atoms with Crippen LogP contribution in [0.25, 0.3) is 16.8 Å². The summed E-state index contributed by atoms with van der Waals surface area (Å²) in [6.07, 6.45) is -4.62. The van der Waals surface area contributed by atoms with Gasteiger partial charge in [0.05, 0.1) is 11.3 Å². The number of halogens is 4. The Morgan fingerprint density at radius 2 is 1.70 bits per heavy atom. The van der Waals surface area contributed by atoms with Gasteiger partial charge in [0.25, 0.3) is 0 Å². The summed E-state index contributed by atoms with van der Waals surface area (Å²) in [7, 11) is 0. The first-order valence-corrected chi connectivity index (χ1v) is 7.03. The third-order valence-electron chi connectivity index (χ3n) is 3.30. The molecule has 0 spiro atoms. The summed E-state index contributed by atoms with van der Waals surface area (Å²) >= 11 is 5.90. The van der Waals surface area contributed by atoms with E-state index in [-0.39, 0.29) is 11.4 Å². The monoisotopic (exact) mass is 337 g/mol. The summed E-state index contributed by atoms with van der Waals surface area (Å²) in [5.41, 5.74) is 5.52. The molecule has 0 radical (unpaired) electrons. The third-order valence-corrected chi connectivity index (χ3v) is 3.54. The summed E-state index contributed by atoms with van der Waals surface area (Å²) in [6.45, 7) is 0. The van der Waals surface area contributed by atoms with Crippen LogP contribution in [-0.4, -0.2) is 9.78 Å². The molecule has 0 amide bonds. The van der Waals surface area contributed by atoms with Gasteiger partial charge in [-0.15, -0.1) is 0 Å². The fourth-order valence-electron chi connectivity index (χ4n) is 2.32. The average Bonchev–Trinajstić information content (AvgIpc) is 2.86. The van der Waals surface area contributed by atoms with Crippen molar-refractivity contribution in [2.45, 2.75) is 6.18 Å². The summed E-state index contributed by atoms with van der Waals surface area (Å²) in [4.78, 5) is 0. The molecule has 23 heavy (non-hydrogen) atoms. The smallest absolute Gasteiger partial charge is 0.383 e. The van der Waals surface area contributed by atoms with Crippen LogP contribution >= 0.6 is 11.6 Å². The van der Waals surface area contributed by atoms with E-state index in [1.165, 1.54) is 6.07 Å². The van der Waals surface area contributed by atoms with Gasteiger partial charge in [-0.25, -0.2) is 4.68 Å². The highest BCUT2D eigenvalue weighted by Gasteiger charge is 2.39. The molecule has 118 valence electrons. The van der Waals surface area contributed by atoms with Crippen LogP contribution in [0.4, 0.5) is 19.0 Å². The van der Waals surface area contributed by atoms with Gasteiger partial charge in [0, 0.05) is 5.02 Å². The molecule has 3 nitrogen and oxygen atoms in total. The Morgan fingerprint density at radius 3 is 2.30 bits per heavy atom. The maximum Gasteiger partial charge on any atom is 0.435 e. The summed E-state index contributed by atoms with van der Waals surface area (Å²) in [5, 5.41) is 4.06. The highest BCUT2D eigenvalue weighted by Crippen LogP contribution is 2.40. The van der Waals surface area contributed by atoms with E-state index in [0.29, 0.717) is 16.3 Å². The van der Waals surface area contributed by atoms with E-state index in [1.807, 2.05) is 0 Å². The first kappa shape index (κ1) is 15.4. The Kier molecular flexibility index (Phi) is 3.77. The molecule has 0 saturated heterocycles. The SMILES string of the molecule is Nc1c(-c2ccccc2)c(C(F)(F)F)nn1-c1cccc(Cl)c1. The lowest BCUT2D eigenvalue weighted by atomic mass is 10.1. The molecule has 0 bridgehead atoms. The van der Waals surface area contributed by atoms with Crippen LogP contribution in [0.1, 0.15) is 5.69 Å². The van der Waals surface area contributed by atoms with Crippen molar-refractivity contribution >= 4 is 17.4 Å². The van der Waals surface area contributed by atoms with Gasteiger partial charge >= 0.3 is 6.18 Å². The van der Waals surface area contributed by atoms with E-state index in [0.717, 1.165) is 4.68 Å². The molecule has 3 aromatic rings. The molecule has 3 rings (SSSR count). The Hall–Kier alpha value is -2.47. The first-order chi connectivity index (χ1) is 10.9. The molecule has 0 saturated carbocycles. The maximum absolute atomic E-state index is 13.4. The molecule has 1 heterocycles. The van der Waals surface area contributed by atoms with Gasteiger partial charge in [-0.3, -0.25) is 0 Å². The van der Waals surface area contributed by atoms with Crippen molar-refractivity contribution in [1.29, 1.82) is 0 Å². The van der Waals surface area contributed by atoms with E-state index >= 15 is 0 Å². The minimum Gasteiger partial charge on any atom is -0.383 e. The first-order valence-electron chi connectivity index (χ1n) is 6.65. The van der Waals surface area contributed by atoms with Crippen molar-refractivity contribution in [2.24, 2.45) is 0 Å². The molecule has 2 aromatic carbocycles. The Balaban J connectivity index is 2.27. The quantitative estimate of drug-likeness (QED) is 0.730. The van der Waals surface area contributed by atoms with E-state index in [9.17, 15) is 13.2 Å². The third kappa shape index (κ3) is 2.90. The van der Waals surface area contributed by atoms with Gasteiger partial charge in [-0.1, -0.05) is 48.0 Å². The zero-order chi connectivity index (χ0) is 16.6. The van der Waals surface area contributed by atoms with E-state index in [2.05, 4.69) is 5.10 Å². The lowest BCUT2D eigenvalue weighted by molar-refractivity contribution is -0.140. The second-order valence-electron chi connectivity index (χ2n) is 4.86. The maximum atomic E-state index is 13.4. The number of benzene rings is 2. The van der Waals surface area contributed by atoms with Gasteiger partial charge in [-0.05, 0) is 23.8 Å². The number of nitrogens with zero attached hydrogens (tertiary/aromatic N) is 2. The van der Waals surface area contributed by atoms with Crippen molar-refractivity contribution in [3.05, 3.63) is 65.3 Å². The Morgan fingerprint density at radius 1 is 1.00 bits per heavy atom. The van der Waals surface area contributed by atoms with Crippen molar-refractivity contribution in [1.82, 2.24) is 9.78 Å². The van der Waals surface area contributed by atoms with Crippen LogP contribution in [0.5, 0.6) is 0 Å². The average molecular weight is 338 g/mol. The number of nitrogen functional groups attached to an aromatic ring is 1. The van der Waals surface area contributed by atoms with Gasteiger partial charge in [-0.2, -0.15) is 18.3 Å². The zero-order valence-corrected chi connectivity index (χ0v) is 12.4. The molecule has 1 aromatic heterocycles. The summed E-state index contributed by atoms with van der Waals surface area (Å²) in [5.74, 6) is -0.0919. The lowest BCUT2D eigenvalue weighted by Gasteiger charge is -2.07. The molecule has 0 atom stereocenters. The van der Waals surface area contributed by atoms with E-state index < -0.39 is 11.9 Å². The van der Waals surface area contributed by atoms with Crippen LogP contribution in [0, 0.1) is 0 Å². The predicted molar refractivity (Wildman–Crippen MR) is 83.4 cm³/mol. The van der Waals surface area contributed by atoms with Gasteiger partial charge in [0.2, 0.25) is 0 Å². The molecule has 0 unspecified atom stereocenters. The van der Waals surface area contributed by atoms with Crippen molar-refractivity contribution in [3.63, 3.8) is 0 Å². The van der Waals surface area contributed by atoms with Crippen LogP contribution in [0.2, 0.25) is 5.02 Å². The molecule has 2 N–H and O–H groups in total. The highest BCUT2D eigenvalue weighted by molar-refractivity contribution is 6.30. The van der Waals surface area contributed by atoms with Gasteiger partial charge in [0.15, 0.2) is 5.69 Å². The standard InChI is InChI=1S/C16H11ClF3N3/c17-11-7-4-8-12(9-11)23-15(21)13(10-5-2-1-3-6-10)14(22-23)16(18,19)20/h1-9H,21H2. The van der Waals surface area contributed by atoms with Crippen LogP contribution in [-0.2, 0) is 6.18 Å². The highest BCUT2D eigenvalue weighted by atomic mass is 35.5. The van der Waals surface area contributed by atoms with E-state index in [4.69, 9.17) is 17.3 Å². The molecule has 0 aliphatic carbocycles. The fourth-order valence-corrected chi connectivity index (χ4v) is 2.51. The molecule has 7 heteroatoms. The topological polar surface area (TPSA) is 43.8 Å². The minimum atomic E-state index is -4.62. The van der Waals surface area contributed by atoms with Crippen LogP contribution in [0.15, 0.2) is 54.6 Å². The summed E-state index contributed by atoms with van der Waals surface area (Å²) in [6, 6.07) is 14.5. The number of anilines is 1. The normalized spacial score (nSPS) is 11.7. The second-order valence-corrected chi connectivity index (χ2v) is 5.30. The number of alkyl halides is 3. The molecular formula is C16H11ClF3N3. The zero-order valence-electron chi connectivity index (χ0n) is 11.7. The van der Waals surface area contributed by atoms with Gasteiger partial charge in [0.1, 0.15) is 5.82 Å². The minimum absolute atomic E-state index is 0.0919. The number of rotatable bonds is 2. The molecule has 0 aliphatic rings.